The van der Waals surface area contributed by atoms with Crippen LogP contribution in [0.25, 0.3) is 0 Å². The Balaban J connectivity index is 1.34. The number of benzene rings is 1. The molecule has 4 saturated carbocycles. The zero-order valence-electron chi connectivity index (χ0n) is 17.6. The molecule has 8 heteroatoms. The Morgan fingerprint density at radius 2 is 1.77 bits per heavy atom. The molecule has 0 unspecified atom stereocenters. The number of amides is 1. The van der Waals surface area contributed by atoms with Gasteiger partial charge in [0.05, 0.1) is 16.2 Å². The molecule has 30 heavy (non-hydrogen) atoms. The van der Waals surface area contributed by atoms with Crippen molar-refractivity contribution in [1.82, 2.24) is 5.32 Å². The monoisotopic (exact) mass is 415 g/mol. The number of hydrogen-bond acceptors (Lipinski definition) is 6. The van der Waals surface area contributed by atoms with Gasteiger partial charge in [0.2, 0.25) is 0 Å². The number of nitro benzene ring substituents is 1. The number of carbonyl (C=O) groups is 2. The maximum Gasteiger partial charge on any atom is 0.341 e. The second-order valence-corrected chi connectivity index (χ2v) is 9.62. The highest BCUT2D eigenvalue weighted by Crippen LogP contribution is 2.59. The molecule has 0 spiro atoms. The first-order chi connectivity index (χ1) is 14.2. The number of anilines is 1. The van der Waals surface area contributed by atoms with Crippen LogP contribution in [0, 0.1) is 33.3 Å². The molecule has 4 bridgehead atoms. The van der Waals surface area contributed by atoms with Gasteiger partial charge in [-0.25, -0.2) is 4.79 Å². The van der Waals surface area contributed by atoms with Crippen LogP contribution in [0.1, 0.15) is 48.9 Å². The zero-order chi connectivity index (χ0) is 21.5. The maximum atomic E-state index is 12.5. The lowest BCUT2D eigenvalue weighted by Gasteiger charge is -2.56. The largest absolute Gasteiger partial charge is 0.452 e. The summed E-state index contributed by atoms with van der Waals surface area (Å²) in [5.41, 5.74) is 0.591. The van der Waals surface area contributed by atoms with E-state index in [0.29, 0.717) is 12.2 Å². The standard InChI is InChI=1S/C22H29N3O5/c1-24(2)19-4-3-17(25(28)29)8-18(19)21(27)30-12-20(26)23-13-22-9-14-5-15(10-22)7-16(6-14)11-22/h3-4,8,14-16H,5-7,9-13H2,1-2H3,(H,23,26). The molecule has 8 nitrogen and oxygen atoms in total. The molecular weight excluding hydrogens is 386 g/mol. The Morgan fingerprint density at radius 1 is 1.17 bits per heavy atom. The molecule has 162 valence electrons. The molecule has 1 N–H and O–H groups in total. The fourth-order valence-electron chi connectivity index (χ4n) is 6.24. The predicted octanol–water partition coefficient (Wildman–Crippen LogP) is 3.15. The van der Waals surface area contributed by atoms with E-state index < -0.39 is 10.9 Å². The Bertz CT molecular complexity index is 831. The minimum Gasteiger partial charge on any atom is -0.452 e. The molecule has 0 atom stereocenters. The highest BCUT2D eigenvalue weighted by atomic mass is 16.6. The molecule has 0 aliphatic heterocycles. The summed E-state index contributed by atoms with van der Waals surface area (Å²) in [6.45, 7) is 0.257. The molecule has 0 heterocycles. The van der Waals surface area contributed by atoms with Crippen molar-refractivity contribution in [3.05, 3.63) is 33.9 Å². The van der Waals surface area contributed by atoms with Crippen LogP contribution in [0.15, 0.2) is 18.2 Å². The second kappa shape index (κ2) is 7.89. The molecule has 1 aromatic carbocycles. The van der Waals surface area contributed by atoms with Crippen molar-refractivity contribution in [3.63, 3.8) is 0 Å². The van der Waals surface area contributed by atoms with Gasteiger partial charge in [0.25, 0.3) is 11.6 Å². The third kappa shape index (κ3) is 4.13. The quantitative estimate of drug-likeness (QED) is 0.417. The summed E-state index contributed by atoms with van der Waals surface area (Å²) in [5.74, 6) is 1.36. The van der Waals surface area contributed by atoms with Crippen LogP contribution in [0.2, 0.25) is 0 Å². The van der Waals surface area contributed by atoms with Gasteiger partial charge in [-0.3, -0.25) is 14.9 Å². The lowest BCUT2D eigenvalue weighted by atomic mass is 9.49. The normalized spacial score (nSPS) is 28.8. The second-order valence-electron chi connectivity index (χ2n) is 9.62. The van der Waals surface area contributed by atoms with Crippen LogP contribution in [0.5, 0.6) is 0 Å². The minimum absolute atomic E-state index is 0.0723. The first-order valence-electron chi connectivity index (χ1n) is 10.6. The highest BCUT2D eigenvalue weighted by Gasteiger charge is 2.50. The first kappa shape index (κ1) is 20.6. The summed E-state index contributed by atoms with van der Waals surface area (Å²) >= 11 is 0. The van der Waals surface area contributed by atoms with E-state index in [-0.39, 0.29) is 29.2 Å². The van der Waals surface area contributed by atoms with E-state index >= 15 is 0 Å². The lowest BCUT2D eigenvalue weighted by molar-refractivity contribution is -0.384. The van der Waals surface area contributed by atoms with Crippen molar-refractivity contribution in [3.8, 4) is 0 Å². The van der Waals surface area contributed by atoms with Crippen molar-refractivity contribution in [2.24, 2.45) is 23.2 Å². The summed E-state index contributed by atoms with van der Waals surface area (Å²) in [6.07, 6.45) is 7.63. The van der Waals surface area contributed by atoms with Gasteiger partial charge in [-0.2, -0.15) is 0 Å². The van der Waals surface area contributed by atoms with E-state index in [9.17, 15) is 19.7 Å². The van der Waals surface area contributed by atoms with Crippen molar-refractivity contribution in [2.45, 2.75) is 38.5 Å². The number of nitro groups is 1. The van der Waals surface area contributed by atoms with Crippen molar-refractivity contribution >= 4 is 23.3 Å². The average Bonchev–Trinajstić information content (AvgIpc) is 2.69. The van der Waals surface area contributed by atoms with Gasteiger partial charge in [0.15, 0.2) is 6.61 Å². The van der Waals surface area contributed by atoms with Crippen LogP contribution in [-0.4, -0.2) is 44.0 Å². The van der Waals surface area contributed by atoms with Crippen LogP contribution < -0.4 is 10.2 Å². The van der Waals surface area contributed by atoms with Gasteiger partial charge >= 0.3 is 5.97 Å². The van der Waals surface area contributed by atoms with E-state index in [1.807, 2.05) is 0 Å². The minimum atomic E-state index is -0.743. The van der Waals surface area contributed by atoms with E-state index in [4.69, 9.17) is 4.74 Å². The van der Waals surface area contributed by atoms with Gasteiger partial charge in [-0.15, -0.1) is 0 Å². The molecule has 4 aliphatic carbocycles. The number of esters is 1. The molecule has 0 aromatic heterocycles. The molecule has 5 rings (SSSR count). The molecule has 1 amide bonds. The third-order valence-corrected chi connectivity index (χ3v) is 7.05. The lowest BCUT2D eigenvalue weighted by Crippen LogP contribution is -2.51. The Labute approximate surface area is 176 Å². The summed E-state index contributed by atoms with van der Waals surface area (Å²) in [4.78, 5) is 37.0. The molecule has 0 saturated heterocycles. The van der Waals surface area contributed by atoms with Crippen molar-refractivity contribution in [2.75, 3.05) is 32.1 Å². The van der Waals surface area contributed by atoms with Crippen molar-refractivity contribution in [1.29, 1.82) is 0 Å². The summed E-state index contributed by atoms with van der Waals surface area (Å²) < 4.78 is 5.19. The Kier molecular flexibility index (Phi) is 5.42. The summed E-state index contributed by atoms with van der Waals surface area (Å²) in [5, 5.41) is 14.0. The average molecular weight is 415 g/mol. The van der Waals surface area contributed by atoms with E-state index in [2.05, 4.69) is 5.32 Å². The maximum absolute atomic E-state index is 12.5. The fourth-order valence-corrected chi connectivity index (χ4v) is 6.24. The van der Waals surface area contributed by atoms with Crippen LogP contribution >= 0.6 is 0 Å². The van der Waals surface area contributed by atoms with E-state index in [0.717, 1.165) is 17.8 Å². The summed E-state index contributed by atoms with van der Waals surface area (Å²) in [7, 11) is 3.46. The molecule has 0 radical (unpaired) electrons. The Hall–Kier alpha value is -2.64. The number of non-ortho nitro benzene ring substituents is 1. The Morgan fingerprint density at radius 3 is 2.30 bits per heavy atom. The number of rotatable bonds is 7. The van der Waals surface area contributed by atoms with Crippen LogP contribution in [0.3, 0.4) is 0 Å². The smallest absolute Gasteiger partial charge is 0.341 e. The summed E-state index contributed by atoms with van der Waals surface area (Å²) in [6, 6.07) is 4.02. The van der Waals surface area contributed by atoms with Gasteiger partial charge < -0.3 is 15.0 Å². The number of hydrogen-bond donors (Lipinski definition) is 1. The number of ether oxygens (including phenoxy) is 1. The topological polar surface area (TPSA) is 102 Å². The molecule has 1 aromatic rings. The van der Waals surface area contributed by atoms with Gasteiger partial charge in [-0.05, 0) is 67.8 Å². The number of nitrogens with one attached hydrogen (secondary N) is 1. The van der Waals surface area contributed by atoms with E-state index in [1.54, 1.807) is 19.0 Å². The number of nitrogens with zero attached hydrogens (tertiary/aromatic N) is 2. The fraction of sp³-hybridized carbons (Fsp3) is 0.636. The highest BCUT2D eigenvalue weighted by molar-refractivity contribution is 5.97. The zero-order valence-corrected chi connectivity index (χ0v) is 17.6. The molecule has 4 aliphatic rings. The van der Waals surface area contributed by atoms with Gasteiger partial charge in [-0.1, -0.05) is 0 Å². The third-order valence-electron chi connectivity index (χ3n) is 7.05. The van der Waals surface area contributed by atoms with Gasteiger partial charge in [0, 0.05) is 32.8 Å². The van der Waals surface area contributed by atoms with Gasteiger partial charge in [0.1, 0.15) is 0 Å². The van der Waals surface area contributed by atoms with Crippen LogP contribution in [0.4, 0.5) is 11.4 Å². The van der Waals surface area contributed by atoms with E-state index in [1.165, 1.54) is 56.7 Å². The predicted molar refractivity (Wildman–Crippen MR) is 111 cm³/mol. The SMILES string of the molecule is CN(C)c1ccc([N+](=O)[O-])cc1C(=O)OCC(=O)NCC12CC3CC(CC(C3)C1)C2. The van der Waals surface area contributed by atoms with Crippen LogP contribution in [-0.2, 0) is 9.53 Å². The first-order valence-corrected chi connectivity index (χ1v) is 10.6. The molecule has 4 fully saturated rings. The molecular formula is C22H29N3O5. The van der Waals surface area contributed by atoms with Crippen molar-refractivity contribution < 1.29 is 19.2 Å². The number of carbonyl (C=O) groups excluding carboxylic acids is 2.